The maximum Gasteiger partial charge on any atom is 0.264 e. The lowest BCUT2D eigenvalue weighted by molar-refractivity contribution is -0.114. The third-order valence-corrected chi connectivity index (χ3v) is 5.06. The van der Waals surface area contributed by atoms with Gasteiger partial charge >= 0.3 is 0 Å². The maximum atomic E-state index is 12.7. The lowest BCUT2D eigenvalue weighted by Gasteiger charge is -2.25. The van der Waals surface area contributed by atoms with Crippen LogP contribution < -0.4 is 5.32 Å². The molecule has 0 aliphatic rings. The van der Waals surface area contributed by atoms with Gasteiger partial charge in [0.25, 0.3) is 5.91 Å². The first-order valence-corrected chi connectivity index (χ1v) is 8.87. The molecule has 3 aromatic rings. The number of anilines is 1. The van der Waals surface area contributed by atoms with Crippen LogP contribution in [0.2, 0.25) is 0 Å². The number of hydrogen-bond donors (Lipinski definition) is 1. The summed E-state index contributed by atoms with van der Waals surface area (Å²) in [6, 6.07) is 11.2. The second-order valence-electron chi connectivity index (χ2n) is 5.87. The number of carbonyl (C=O) groups is 2. The number of carbonyl (C=O) groups excluding carboxylic acids is 2. The third-order valence-electron chi connectivity index (χ3n) is 4.08. The van der Waals surface area contributed by atoms with Crippen molar-refractivity contribution in [1.29, 1.82) is 0 Å². The summed E-state index contributed by atoms with van der Waals surface area (Å²) in [6.45, 7) is 3.42. The maximum absolute atomic E-state index is 12.7. The summed E-state index contributed by atoms with van der Waals surface area (Å²) < 4.78 is 1.68. The standard InChI is InChI=1S/C18H19N5O2S/c1-12(14-4-6-15(7-5-14)23-11-19-10-20-23)22(3)18(25)16-8-9-17(26-16)21-13(2)24/h4-12H,1-3H3,(H,21,24). The minimum absolute atomic E-state index is 0.0838. The van der Waals surface area contributed by atoms with E-state index in [1.54, 1.807) is 35.1 Å². The summed E-state index contributed by atoms with van der Waals surface area (Å²) in [5.41, 5.74) is 1.92. The zero-order valence-corrected chi connectivity index (χ0v) is 15.5. The molecule has 2 heterocycles. The smallest absolute Gasteiger partial charge is 0.264 e. The largest absolute Gasteiger partial charge is 0.334 e. The van der Waals surface area contributed by atoms with E-state index >= 15 is 0 Å². The Kier molecular flexibility index (Phi) is 5.13. The topological polar surface area (TPSA) is 80.1 Å². The van der Waals surface area contributed by atoms with Gasteiger partial charge in [-0.25, -0.2) is 9.67 Å². The van der Waals surface area contributed by atoms with E-state index in [1.807, 2.05) is 31.2 Å². The first-order valence-electron chi connectivity index (χ1n) is 8.05. The molecule has 0 fully saturated rings. The van der Waals surface area contributed by atoms with E-state index in [2.05, 4.69) is 15.4 Å². The van der Waals surface area contributed by atoms with Crippen molar-refractivity contribution in [3.05, 3.63) is 59.5 Å². The van der Waals surface area contributed by atoms with Crippen LogP contribution in [0.25, 0.3) is 5.69 Å². The van der Waals surface area contributed by atoms with Crippen LogP contribution in [0.3, 0.4) is 0 Å². The molecule has 0 spiro atoms. The molecule has 1 aromatic carbocycles. The van der Waals surface area contributed by atoms with E-state index in [0.717, 1.165) is 11.3 Å². The van der Waals surface area contributed by atoms with Crippen LogP contribution in [-0.2, 0) is 4.79 Å². The lowest BCUT2D eigenvalue weighted by Crippen LogP contribution is -2.29. The highest BCUT2D eigenvalue weighted by molar-refractivity contribution is 7.18. The Hall–Kier alpha value is -3.00. The first-order chi connectivity index (χ1) is 12.5. The second kappa shape index (κ2) is 7.49. The summed E-state index contributed by atoms with van der Waals surface area (Å²) in [5, 5.41) is 7.46. The van der Waals surface area contributed by atoms with Gasteiger partial charge in [0.15, 0.2) is 0 Å². The fraction of sp³-hybridized carbons (Fsp3) is 0.222. The molecule has 26 heavy (non-hydrogen) atoms. The number of nitrogens with one attached hydrogen (secondary N) is 1. The molecule has 0 saturated heterocycles. The summed E-state index contributed by atoms with van der Waals surface area (Å²) >= 11 is 1.27. The molecule has 1 atom stereocenters. The van der Waals surface area contributed by atoms with Crippen LogP contribution in [0.4, 0.5) is 5.00 Å². The highest BCUT2D eigenvalue weighted by Gasteiger charge is 2.20. The highest BCUT2D eigenvalue weighted by atomic mass is 32.1. The van der Waals surface area contributed by atoms with Crippen LogP contribution >= 0.6 is 11.3 Å². The van der Waals surface area contributed by atoms with E-state index in [0.29, 0.717) is 9.88 Å². The van der Waals surface area contributed by atoms with Gasteiger partial charge in [0.1, 0.15) is 12.7 Å². The van der Waals surface area contributed by atoms with Crippen molar-refractivity contribution in [3.8, 4) is 5.69 Å². The number of nitrogens with zero attached hydrogens (tertiary/aromatic N) is 4. The number of thiophene rings is 1. The minimum Gasteiger partial charge on any atom is -0.334 e. The zero-order valence-electron chi connectivity index (χ0n) is 14.7. The molecule has 1 N–H and O–H groups in total. The van der Waals surface area contributed by atoms with Crippen molar-refractivity contribution in [1.82, 2.24) is 19.7 Å². The Morgan fingerprint density at radius 2 is 1.92 bits per heavy atom. The molecular weight excluding hydrogens is 350 g/mol. The summed E-state index contributed by atoms with van der Waals surface area (Å²) in [7, 11) is 1.77. The van der Waals surface area contributed by atoms with Gasteiger partial charge < -0.3 is 10.2 Å². The molecule has 8 heteroatoms. The van der Waals surface area contributed by atoms with E-state index < -0.39 is 0 Å². The Balaban J connectivity index is 1.72. The van der Waals surface area contributed by atoms with Gasteiger partial charge in [0.2, 0.25) is 5.91 Å². The first kappa shape index (κ1) is 17.8. The molecule has 2 aromatic heterocycles. The Morgan fingerprint density at radius 3 is 2.54 bits per heavy atom. The number of rotatable bonds is 5. The zero-order chi connectivity index (χ0) is 18.7. The minimum atomic E-state index is -0.153. The van der Waals surface area contributed by atoms with E-state index in [9.17, 15) is 9.59 Å². The van der Waals surface area contributed by atoms with Crippen molar-refractivity contribution >= 4 is 28.2 Å². The average molecular weight is 369 g/mol. The molecule has 0 radical (unpaired) electrons. The molecule has 2 amide bonds. The fourth-order valence-electron chi connectivity index (χ4n) is 2.51. The quantitative estimate of drug-likeness (QED) is 0.749. The molecular formula is C18H19N5O2S. The predicted octanol–water partition coefficient (Wildman–Crippen LogP) is 3.12. The van der Waals surface area contributed by atoms with Crippen molar-refractivity contribution in [2.24, 2.45) is 0 Å². The molecule has 134 valence electrons. The average Bonchev–Trinajstić information content (AvgIpc) is 3.31. The Bertz CT molecular complexity index is 902. The normalized spacial score (nSPS) is 11.8. The van der Waals surface area contributed by atoms with Crippen LogP contribution in [0.1, 0.15) is 35.1 Å². The van der Waals surface area contributed by atoms with Crippen LogP contribution in [0.15, 0.2) is 49.1 Å². The molecule has 0 saturated carbocycles. The van der Waals surface area contributed by atoms with Crippen LogP contribution in [0, 0.1) is 0 Å². The summed E-state index contributed by atoms with van der Waals surface area (Å²) in [6.07, 6.45) is 3.12. The fourth-order valence-corrected chi connectivity index (χ4v) is 3.45. The van der Waals surface area contributed by atoms with Crippen molar-refractivity contribution < 1.29 is 9.59 Å². The van der Waals surface area contributed by atoms with Gasteiger partial charge in [-0.05, 0) is 36.8 Å². The Labute approximate surface area is 155 Å². The van der Waals surface area contributed by atoms with Gasteiger partial charge in [0.05, 0.1) is 21.6 Å². The van der Waals surface area contributed by atoms with Crippen molar-refractivity contribution in [2.45, 2.75) is 19.9 Å². The highest BCUT2D eigenvalue weighted by Crippen LogP contribution is 2.27. The molecule has 7 nitrogen and oxygen atoms in total. The molecule has 0 bridgehead atoms. The van der Waals surface area contributed by atoms with Gasteiger partial charge in [-0.3, -0.25) is 9.59 Å². The van der Waals surface area contributed by atoms with E-state index in [-0.39, 0.29) is 17.9 Å². The molecule has 1 unspecified atom stereocenters. The number of hydrogen-bond acceptors (Lipinski definition) is 5. The van der Waals surface area contributed by atoms with Gasteiger partial charge in [-0.2, -0.15) is 5.10 Å². The Morgan fingerprint density at radius 1 is 1.19 bits per heavy atom. The van der Waals surface area contributed by atoms with Crippen LogP contribution in [-0.4, -0.2) is 38.5 Å². The number of benzene rings is 1. The summed E-state index contributed by atoms with van der Waals surface area (Å²) in [4.78, 5) is 30.0. The number of aromatic nitrogens is 3. The van der Waals surface area contributed by atoms with Crippen molar-refractivity contribution in [3.63, 3.8) is 0 Å². The van der Waals surface area contributed by atoms with E-state index in [1.165, 1.54) is 24.6 Å². The van der Waals surface area contributed by atoms with E-state index in [4.69, 9.17) is 0 Å². The third kappa shape index (κ3) is 3.80. The molecule has 0 aliphatic heterocycles. The lowest BCUT2D eigenvalue weighted by atomic mass is 10.1. The van der Waals surface area contributed by atoms with Gasteiger partial charge in [-0.1, -0.05) is 12.1 Å². The monoisotopic (exact) mass is 369 g/mol. The van der Waals surface area contributed by atoms with Gasteiger partial charge in [0, 0.05) is 14.0 Å². The van der Waals surface area contributed by atoms with Crippen molar-refractivity contribution in [2.75, 3.05) is 12.4 Å². The molecule has 0 aliphatic carbocycles. The SMILES string of the molecule is CC(=O)Nc1ccc(C(=O)N(C)C(C)c2ccc(-n3cncn3)cc2)s1. The molecule has 3 rings (SSSR count). The second-order valence-corrected chi connectivity index (χ2v) is 6.95. The predicted molar refractivity (Wildman–Crippen MR) is 100 cm³/mol. The van der Waals surface area contributed by atoms with Crippen LogP contribution in [0.5, 0.6) is 0 Å². The van der Waals surface area contributed by atoms with Gasteiger partial charge in [-0.15, -0.1) is 11.3 Å². The summed E-state index contributed by atoms with van der Waals surface area (Å²) in [5.74, 6) is -0.237. The number of amides is 2.